The molecule has 0 bridgehead atoms. The monoisotopic (exact) mass is 414 g/mol. The van der Waals surface area contributed by atoms with Gasteiger partial charge >= 0.3 is 0 Å². The van der Waals surface area contributed by atoms with Gasteiger partial charge in [0.25, 0.3) is 0 Å². The molecule has 160 valence electrons. The van der Waals surface area contributed by atoms with Crippen molar-refractivity contribution in [3.05, 3.63) is 88.5 Å². The van der Waals surface area contributed by atoms with Gasteiger partial charge in [-0.2, -0.15) is 0 Å². The van der Waals surface area contributed by atoms with Crippen molar-refractivity contribution in [3.8, 4) is 17.2 Å². The predicted octanol–water partition coefficient (Wildman–Crippen LogP) is 6.12. The summed E-state index contributed by atoms with van der Waals surface area (Å²) in [5, 5.41) is 0. The van der Waals surface area contributed by atoms with Gasteiger partial charge in [0, 0.05) is 5.56 Å². The van der Waals surface area contributed by atoms with Crippen LogP contribution in [0.15, 0.2) is 60.7 Å². The Bertz CT molecular complexity index is 1100. The molecule has 0 heterocycles. The molecule has 0 aliphatic heterocycles. The molecule has 31 heavy (non-hydrogen) atoms. The second-order valence-electron chi connectivity index (χ2n) is 8.60. The Labute approximate surface area is 185 Å². The van der Waals surface area contributed by atoms with Crippen molar-refractivity contribution in [2.45, 2.75) is 37.5 Å². The number of methoxy groups -OCH3 is 3. The van der Waals surface area contributed by atoms with Gasteiger partial charge in [-0.05, 0) is 59.4 Å². The summed E-state index contributed by atoms with van der Waals surface area (Å²) in [6, 6.07) is 22.2. The van der Waals surface area contributed by atoms with Gasteiger partial charge < -0.3 is 14.2 Å². The van der Waals surface area contributed by atoms with E-state index in [2.05, 4.69) is 67.6 Å². The molecule has 0 radical (unpaired) electrons. The molecule has 3 aromatic carbocycles. The minimum absolute atomic E-state index is 0.267. The van der Waals surface area contributed by atoms with Gasteiger partial charge in [-0.1, -0.05) is 61.5 Å². The lowest BCUT2D eigenvalue weighted by molar-refractivity contribution is 0.291. The fourth-order valence-electron chi connectivity index (χ4n) is 6.48. The number of hydrogen-bond acceptors (Lipinski definition) is 3. The van der Waals surface area contributed by atoms with Gasteiger partial charge in [0.05, 0.1) is 26.7 Å². The lowest BCUT2D eigenvalue weighted by Gasteiger charge is -2.44. The molecule has 2 aliphatic rings. The van der Waals surface area contributed by atoms with E-state index in [0.29, 0.717) is 17.6 Å². The Morgan fingerprint density at radius 1 is 0.871 bits per heavy atom. The molecule has 0 fully saturated rings. The molecule has 3 aromatic rings. The number of benzene rings is 3. The second-order valence-corrected chi connectivity index (χ2v) is 8.60. The first-order valence-corrected chi connectivity index (χ1v) is 11.2. The molecule has 0 saturated heterocycles. The molecule has 0 N–H and O–H groups in total. The minimum Gasteiger partial charge on any atom is -0.493 e. The van der Waals surface area contributed by atoms with Crippen LogP contribution in [-0.2, 0) is 11.8 Å². The van der Waals surface area contributed by atoms with Gasteiger partial charge in [0.1, 0.15) is 0 Å². The van der Waals surface area contributed by atoms with E-state index in [1.165, 1.54) is 27.8 Å². The number of rotatable bonds is 5. The molecule has 0 spiro atoms. The standard InChI is InChI=1S/C28H30O3/c1-5-20-21-17-24(29-2)26(30-3)27(31-4)25(21)28(19-12-7-6-8-13-19)22-14-10-9-11-18(22)15-16-23(20)28/h6-14,17,20,23H,5,15-16H2,1-4H3/t20-,23+,28+/m1/s1. The topological polar surface area (TPSA) is 27.7 Å². The average molecular weight is 415 g/mol. The van der Waals surface area contributed by atoms with E-state index in [1.807, 2.05) is 0 Å². The lowest BCUT2D eigenvalue weighted by Crippen LogP contribution is -2.40. The van der Waals surface area contributed by atoms with Crippen LogP contribution in [0.2, 0.25) is 0 Å². The number of fused-ring (bicyclic) bond motifs is 5. The third kappa shape index (κ3) is 2.59. The average Bonchev–Trinajstić information content (AvgIpc) is 3.13. The maximum Gasteiger partial charge on any atom is 0.203 e. The first-order chi connectivity index (χ1) is 15.2. The van der Waals surface area contributed by atoms with Gasteiger partial charge in [-0.15, -0.1) is 0 Å². The van der Waals surface area contributed by atoms with E-state index in [-0.39, 0.29) is 5.41 Å². The molecule has 0 aromatic heterocycles. The Morgan fingerprint density at radius 3 is 2.26 bits per heavy atom. The first-order valence-electron chi connectivity index (χ1n) is 11.2. The molecule has 5 rings (SSSR count). The van der Waals surface area contributed by atoms with Crippen LogP contribution >= 0.6 is 0 Å². The van der Waals surface area contributed by atoms with E-state index < -0.39 is 0 Å². The van der Waals surface area contributed by atoms with Crippen molar-refractivity contribution < 1.29 is 14.2 Å². The van der Waals surface area contributed by atoms with E-state index in [4.69, 9.17) is 14.2 Å². The van der Waals surface area contributed by atoms with Gasteiger partial charge in [-0.3, -0.25) is 0 Å². The summed E-state index contributed by atoms with van der Waals surface area (Å²) in [6.07, 6.45) is 3.33. The van der Waals surface area contributed by atoms with Crippen LogP contribution in [0.4, 0.5) is 0 Å². The van der Waals surface area contributed by atoms with Gasteiger partial charge in [0.15, 0.2) is 11.5 Å². The van der Waals surface area contributed by atoms with Crippen molar-refractivity contribution in [1.29, 1.82) is 0 Å². The fraction of sp³-hybridized carbons (Fsp3) is 0.357. The van der Waals surface area contributed by atoms with Crippen LogP contribution in [0.3, 0.4) is 0 Å². The highest BCUT2D eigenvalue weighted by Crippen LogP contribution is 2.66. The molecule has 0 saturated carbocycles. The Morgan fingerprint density at radius 2 is 1.58 bits per heavy atom. The molecule has 0 amide bonds. The second kappa shape index (κ2) is 7.64. The fourth-order valence-corrected chi connectivity index (χ4v) is 6.48. The summed E-state index contributed by atoms with van der Waals surface area (Å²) in [7, 11) is 5.15. The zero-order valence-electron chi connectivity index (χ0n) is 18.8. The summed E-state index contributed by atoms with van der Waals surface area (Å²) in [5.74, 6) is 3.11. The number of hydrogen-bond donors (Lipinski definition) is 0. The maximum absolute atomic E-state index is 6.12. The summed E-state index contributed by atoms with van der Waals surface area (Å²) in [6.45, 7) is 2.30. The summed E-state index contributed by atoms with van der Waals surface area (Å²) in [5.41, 5.74) is 6.49. The molecular weight excluding hydrogens is 384 g/mol. The highest BCUT2D eigenvalue weighted by molar-refractivity contribution is 5.72. The van der Waals surface area contributed by atoms with Gasteiger partial charge in [-0.25, -0.2) is 0 Å². The number of aryl methyl sites for hydroxylation is 1. The van der Waals surface area contributed by atoms with Crippen LogP contribution in [0, 0.1) is 5.92 Å². The molecular formula is C28H30O3. The summed E-state index contributed by atoms with van der Waals surface area (Å²) < 4.78 is 17.7. The lowest BCUT2D eigenvalue weighted by atomic mass is 9.58. The van der Waals surface area contributed by atoms with Crippen LogP contribution in [-0.4, -0.2) is 21.3 Å². The third-order valence-corrected chi connectivity index (χ3v) is 7.53. The zero-order valence-corrected chi connectivity index (χ0v) is 18.8. The maximum atomic E-state index is 6.12. The quantitative estimate of drug-likeness (QED) is 0.504. The highest BCUT2D eigenvalue weighted by atomic mass is 16.5. The summed E-state index contributed by atoms with van der Waals surface area (Å²) in [4.78, 5) is 0. The van der Waals surface area contributed by atoms with E-state index >= 15 is 0 Å². The Kier molecular flexibility index (Phi) is 4.92. The third-order valence-electron chi connectivity index (χ3n) is 7.53. The largest absolute Gasteiger partial charge is 0.493 e. The van der Waals surface area contributed by atoms with Crippen LogP contribution < -0.4 is 14.2 Å². The van der Waals surface area contributed by atoms with Crippen molar-refractivity contribution in [3.63, 3.8) is 0 Å². The van der Waals surface area contributed by atoms with E-state index in [0.717, 1.165) is 30.8 Å². The normalized spacial score (nSPS) is 23.5. The highest BCUT2D eigenvalue weighted by Gasteiger charge is 2.57. The van der Waals surface area contributed by atoms with Crippen LogP contribution in [0.25, 0.3) is 0 Å². The smallest absolute Gasteiger partial charge is 0.203 e. The van der Waals surface area contributed by atoms with Crippen molar-refractivity contribution in [1.82, 2.24) is 0 Å². The van der Waals surface area contributed by atoms with Gasteiger partial charge in [0.2, 0.25) is 5.75 Å². The zero-order chi connectivity index (χ0) is 21.6. The Hall–Kier alpha value is -2.94. The van der Waals surface area contributed by atoms with E-state index in [9.17, 15) is 0 Å². The molecule has 3 nitrogen and oxygen atoms in total. The predicted molar refractivity (Wildman–Crippen MR) is 124 cm³/mol. The molecule has 3 atom stereocenters. The Balaban J connectivity index is 1.97. The van der Waals surface area contributed by atoms with Crippen molar-refractivity contribution in [2.75, 3.05) is 21.3 Å². The van der Waals surface area contributed by atoms with Crippen LogP contribution in [0.5, 0.6) is 17.2 Å². The SMILES string of the molecule is CC[C@@H]1c2cc(OC)c(OC)c(OC)c2[C@@]2(c3ccccc3)c3ccccc3CC[C@@H]12. The van der Waals surface area contributed by atoms with Crippen molar-refractivity contribution >= 4 is 0 Å². The summed E-state index contributed by atoms with van der Waals surface area (Å²) >= 11 is 0. The first kappa shape index (κ1) is 20.0. The minimum atomic E-state index is -0.267. The van der Waals surface area contributed by atoms with E-state index in [1.54, 1.807) is 21.3 Å². The molecule has 2 aliphatic carbocycles. The molecule has 0 unspecified atom stereocenters. The molecule has 3 heteroatoms. The van der Waals surface area contributed by atoms with Crippen molar-refractivity contribution in [2.24, 2.45) is 5.92 Å². The van der Waals surface area contributed by atoms with Crippen LogP contribution in [0.1, 0.15) is 53.5 Å². The number of ether oxygens (including phenoxy) is 3.